The summed E-state index contributed by atoms with van der Waals surface area (Å²) in [6.45, 7) is 7.15. The third-order valence-corrected chi connectivity index (χ3v) is 4.52. The number of carbonyl (C=O) groups excluding carboxylic acids is 3. The Hall–Kier alpha value is -2.17. The van der Waals surface area contributed by atoms with Crippen molar-refractivity contribution >= 4 is 23.3 Å². The largest absolute Gasteiger partial charge is 0.342 e. The first-order valence-electron chi connectivity index (χ1n) is 8.55. The third kappa shape index (κ3) is 4.66. The summed E-state index contributed by atoms with van der Waals surface area (Å²) < 4.78 is 0. The molecule has 1 atom stereocenters. The van der Waals surface area contributed by atoms with E-state index in [9.17, 15) is 14.4 Å². The van der Waals surface area contributed by atoms with E-state index in [0.29, 0.717) is 30.1 Å². The van der Waals surface area contributed by atoms with Gasteiger partial charge in [0.2, 0.25) is 11.8 Å². The minimum atomic E-state index is -0.106. The van der Waals surface area contributed by atoms with Gasteiger partial charge in [0, 0.05) is 44.2 Å². The molecular weight excluding hydrogens is 304 g/mol. The fourth-order valence-electron chi connectivity index (χ4n) is 3.13. The van der Waals surface area contributed by atoms with Gasteiger partial charge in [0.15, 0.2) is 5.78 Å². The van der Waals surface area contributed by atoms with Crippen LogP contribution in [0.25, 0.3) is 0 Å². The van der Waals surface area contributed by atoms with Crippen LogP contribution in [0.5, 0.6) is 0 Å². The van der Waals surface area contributed by atoms with Crippen LogP contribution in [0.15, 0.2) is 24.3 Å². The van der Waals surface area contributed by atoms with Gasteiger partial charge in [-0.05, 0) is 49.9 Å². The Bertz CT molecular complexity index is 610. The Morgan fingerprint density at radius 3 is 2.38 bits per heavy atom. The molecule has 2 rings (SSSR count). The Morgan fingerprint density at radius 1 is 1.17 bits per heavy atom. The number of piperidine rings is 1. The van der Waals surface area contributed by atoms with Crippen LogP contribution in [-0.2, 0) is 9.59 Å². The van der Waals surface area contributed by atoms with Gasteiger partial charge in [-0.25, -0.2) is 0 Å². The van der Waals surface area contributed by atoms with E-state index in [1.54, 1.807) is 29.2 Å². The molecule has 1 aromatic carbocycles. The van der Waals surface area contributed by atoms with E-state index in [1.165, 1.54) is 20.3 Å². The summed E-state index contributed by atoms with van der Waals surface area (Å²) in [5, 5.41) is 0. The number of ketones is 1. The maximum atomic E-state index is 12.4. The highest BCUT2D eigenvalue weighted by Crippen LogP contribution is 2.19. The van der Waals surface area contributed by atoms with Crippen LogP contribution < -0.4 is 4.90 Å². The predicted molar refractivity (Wildman–Crippen MR) is 94.1 cm³/mol. The van der Waals surface area contributed by atoms with Crippen LogP contribution in [0.4, 0.5) is 5.69 Å². The zero-order chi connectivity index (χ0) is 17.7. The van der Waals surface area contributed by atoms with Crippen molar-refractivity contribution < 1.29 is 14.4 Å². The maximum Gasteiger partial charge on any atom is 0.224 e. The lowest BCUT2D eigenvalue weighted by Crippen LogP contribution is -2.41. The molecule has 5 heteroatoms. The van der Waals surface area contributed by atoms with E-state index in [0.717, 1.165) is 19.5 Å². The normalized spacial score (nSPS) is 17.5. The molecule has 0 spiro atoms. The topological polar surface area (TPSA) is 57.7 Å². The number of anilines is 1. The summed E-state index contributed by atoms with van der Waals surface area (Å²) in [5.74, 6) is 0.537. The third-order valence-electron chi connectivity index (χ3n) is 4.52. The minimum Gasteiger partial charge on any atom is -0.342 e. The van der Waals surface area contributed by atoms with E-state index in [1.807, 2.05) is 4.90 Å². The number of nitrogens with zero attached hydrogens (tertiary/aromatic N) is 2. The number of Topliss-reactive ketones (excluding diaryl/α,β-unsaturated/α-hetero) is 1. The van der Waals surface area contributed by atoms with Gasteiger partial charge in [0.05, 0.1) is 0 Å². The van der Waals surface area contributed by atoms with Gasteiger partial charge in [-0.2, -0.15) is 0 Å². The second kappa shape index (κ2) is 8.08. The van der Waals surface area contributed by atoms with Gasteiger partial charge in [-0.15, -0.1) is 0 Å². The van der Waals surface area contributed by atoms with E-state index in [-0.39, 0.29) is 17.6 Å². The highest BCUT2D eigenvalue weighted by atomic mass is 16.2. The van der Waals surface area contributed by atoms with Gasteiger partial charge < -0.3 is 9.80 Å². The molecule has 1 fully saturated rings. The second-order valence-corrected chi connectivity index (χ2v) is 6.61. The standard InChI is InChI=1S/C19H26N2O3/c1-14-5-4-11-20(13-14)19(24)10-12-21(16(3)23)18-8-6-17(7-9-18)15(2)22/h6-9,14H,4-5,10-13H2,1-3H3. The van der Waals surface area contributed by atoms with Crippen LogP contribution in [0.2, 0.25) is 0 Å². The molecule has 2 amide bonds. The van der Waals surface area contributed by atoms with Gasteiger partial charge in [-0.3, -0.25) is 14.4 Å². The van der Waals surface area contributed by atoms with Crippen molar-refractivity contribution in [1.29, 1.82) is 0 Å². The van der Waals surface area contributed by atoms with Crippen LogP contribution >= 0.6 is 0 Å². The molecular formula is C19H26N2O3. The first-order chi connectivity index (χ1) is 11.4. The molecule has 0 aliphatic carbocycles. The van der Waals surface area contributed by atoms with E-state index in [4.69, 9.17) is 0 Å². The number of rotatable bonds is 5. The smallest absolute Gasteiger partial charge is 0.224 e. The average molecular weight is 330 g/mol. The Morgan fingerprint density at radius 2 is 1.83 bits per heavy atom. The van der Waals surface area contributed by atoms with Crippen molar-refractivity contribution in [2.24, 2.45) is 5.92 Å². The molecule has 1 aliphatic heterocycles. The second-order valence-electron chi connectivity index (χ2n) is 6.61. The van der Waals surface area contributed by atoms with Gasteiger partial charge in [0.1, 0.15) is 0 Å². The first kappa shape index (κ1) is 18.2. The predicted octanol–water partition coefficient (Wildman–Crippen LogP) is 2.89. The zero-order valence-corrected chi connectivity index (χ0v) is 14.7. The number of hydrogen-bond acceptors (Lipinski definition) is 3. The fraction of sp³-hybridized carbons (Fsp3) is 0.526. The molecule has 0 aromatic heterocycles. The Kier molecular flexibility index (Phi) is 6.12. The molecule has 0 N–H and O–H groups in total. The number of carbonyl (C=O) groups is 3. The summed E-state index contributed by atoms with van der Waals surface area (Å²) in [7, 11) is 0. The lowest BCUT2D eigenvalue weighted by Gasteiger charge is -2.31. The molecule has 1 aliphatic rings. The molecule has 1 aromatic rings. The molecule has 1 unspecified atom stereocenters. The minimum absolute atomic E-state index is 0.00896. The Balaban J connectivity index is 1.99. The molecule has 0 radical (unpaired) electrons. The van der Waals surface area contributed by atoms with Crippen molar-refractivity contribution in [3.05, 3.63) is 29.8 Å². The van der Waals surface area contributed by atoms with Crippen LogP contribution in [0.1, 0.15) is 50.4 Å². The van der Waals surface area contributed by atoms with Crippen molar-refractivity contribution in [2.45, 2.75) is 40.0 Å². The quantitative estimate of drug-likeness (QED) is 0.780. The van der Waals surface area contributed by atoms with Gasteiger partial charge in [-0.1, -0.05) is 6.92 Å². The first-order valence-corrected chi connectivity index (χ1v) is 8.55. The molecule has 24 heavy (non-hydrogen) atoms. The molecule has 0 bridgehead atoms. The molecule has 0 saturated carbocycles. The lowest BCUT2D eigenvalue weighted by molar-refractivity contribution is -0.132. The average Bonchev–Trinajstić information content (AvgIpc) is 2.55. The molecule has 5 nitrogen and oxygen atoms in total. The fourth-order valence-corrected chi connectivity index (χ4v) is 3.13. The molecule has 1 saturated heterocycles. The number of amides is 2. The van der Waals surface area contributed by atoms with Crippen LogP contribution in [0.3, 0.4) is 0 Å². The van der Waals surface area contributed by atoms with Crippen LogP contribution in [0, 0.1) is 5.92 Å². The molecule has 130 valence electrons. The van der Waals surface area contributed by atoms with Crippen LogP contribution in [-0.4, -0.2) is 42.1 Å². The lowest BCUT2D eigenvalue weighted by atomic mass is 10.00. The van der Waals surface area contributed by atoms with Gasteiger partial charge >= 0.3 is 0 Å². The number of benzene rings is 1. The summed E-state index contributed by atoms with van der Waals surface area (Å²) in [6.07, 6.45) is 2.54. The summed E-state index contributed by atoms with van der Waals surface area (Å²) >= 11 is 0. The summed E-state index contributed by atoms with van der Waals surface area (Å²) in [5.41, 5.74) is 1.33. The van der Waals surface area contributed by atoms with E-state index < -0.39 is 0 Å². The SMILES string of the molecule is CC(=O)c1ccc(N(CCC(=O)N2CCCC(C)C2)C(C)=O)cc1. The monoisotopic (exact) mass is 330 g/mol. The van der Waals surface area contributed by atoms with E-state index in [2.05, 4.69) is 6.92 Å². The maximum absolute atomic E-state index is 12.4. The summed E-state index contributed by atoms with van der Waals surface area (Å²) in [4.78, 5) is 39.2. The van der Waals surface area contributed by atoms with Crippen molar-refractivity contribution in [2.75, 3.05) is 24.5 Å². The van der Waals surface area contributed by atoms with Crippen molar-refractivity contribution in [3.63, 3.8) is 0 Å². The van der Waals surface area contributed by atoms with Gasteiger partial charge in [0.25, 0.3) is 0 Å². The highest BCUT2D eigenvalue weighted by molar-refractivity contribution is 5.96. The summed E-state index contributed by atoms with van der Waals surface area (Å²) in [6, 6.07) is 6.93. The zero-order valence-electron chi connectivity index (χ0n) is 14.7. The highest BCUT2D eigenvalue weighted by Gasteiger charge is 2.22. The Labute approximate surface area is 143 Å². The van der Waals surface area contributed by atoms with Crippen molar-refractivity contribution in [1.82, 2.24) is 4.90 Å². The number of hydrogen-bond donors (Lipinski definition) is 0. The van der Waals surface area contributed by atoms with E-state index >= 15 is 0 Å². The number of likely N-dealkylation sites (tertiary alicyclic amines) is 1. The molecule has 1 heterocycles. The van der Waals surface area contributed by atoms with Crippen molar-refractivity contribution in [3.8, 4) is 0 Å².